The molecule has 2 rings (SSSR count). The molecule has 7 heteroatoms. The van der Waals surface area contributed by atoms with Crippen LogP contribution in [0, 0.1) is 23.0 Å². The van der Waals surface area contributed by atoms with E-state index in [0.29, 0.717) is 30.5 Å². The van der Waals surface area contributed by atoms with E-state index in [2.05, 4.69) is 10.4 Å². The van der Waals surface area contributed by atoms with Crippen molar-refractivity contribution >= 4 is 11.5 Å². The molecule has 3 N–H and O–H groups in total. The first kappa shape index (κ1) is 13.8. The van der Waals surface area contributed by atoms with Gasteiger partial charge in [-0.2, -0.15) is 5.10 Å². The standard InChI is InChI=1S/C12H21N5O2/c1-3-16-12(11(17(18)19)8(2)15-16)14-10-6-4-5-9(10)7-13/h9-10,14H,3-7,13H2,1-2H3. The Bertz CT molecular complexity index is 471. The summed E-state index contributed by atoms with van der Waals surface area (Å²) >= 11 is 0. The van der Waals surface area contributed by atoms with Gasteiger partial charge < -0.3 is 11.1 Å². The quantitative estimate of drug-likeness (QED) is 0.624. The van der Waals surface area contributed by atoms with Crippen LogP contribution in [0.15, 0.2) is 0 Å². The molecule has 1 aliphatic carbocycles. The summed E-state index contributed by atoms with van der Waals surface area (Å²) < 4.78 is 1.67. The average Bonchev–Trinajstić information content (AvgIpc) is 2.93. The molecule has 1 saturated carbocycles. The molecule has 0 bridgehead atoms. The van der Waals surface area contributed by atoms with Gasteiger partial charge in [0.15, 0.2) is 0 Å². The van der Waals surface area contributed by atoms with E-state index in [0.717, 1.165) is 19.3 Å². The molecule has 0 amide bonds. The lowest BCUT2D eigenvalue weighted by Crippen LogP contribution is -2.30. The van der Waals surface area contributed by atoms with E-state index in [-0.39, 0.29) is 16.7 Å². The van der Waals surface area contributed by atoms with Crippen LogP contribution in [0.25, 0.3) is 0 Å². The first-order valence-electron chi connectivity index (χ1n) is 6.76. The average molecular weight is 267 g/mol. The van der Waals surface area contributed by atoms with Crippen molar-refractivity contribution in [2.45, 2.75) is 45.7 Å². The van der Waals surface area contributed by atoms with Crippen molar-refractivity contribution in [3.05, 3.63) is 15.8 Å². The van der Waals surface area contributed by atoms with Crippen LogP contribution in [0.5, 0.6) is 0 Å². The summed E-state index contributed by atoms with van der Waals surface area (Å²) in [7, 11) is 0. The Morgan fingerprint density at radius 2 is 2.32 bits per heavy atom. The highest BCUT2D eigenvalue weighted by atomic mass is 16.6. The van der Waals surface area contributed by atoms with Gasteiger partial charge in [0.1, 0.15) is 5.69 Å². The fourth-order valence-corrected chi connectivity index (χ4v) is 2.85. The second-order valence-corrected chi connectivity index (χ2v) is 5.03. The van der Waals surface area contributed by atoms with Crippen molar-refractivity contribution in [3.63, 3.8) is 0 Å². The summed E-state index contributed by atoms with van der Waals surface area (Å²) in [5, 5.41) is 18.7. The number of nitrogens with two attached hydrogens (primary N) is 1. The molecule has 1 aromatic heterocycles. The number of nitrogens with one attached hydrogen (secondary N) is 1. The molecule has 1 fully saturated rings. The number of anilines is 1. The van der Waals surface area contributed by atoms with Crippen molar-refractivity contribution < 1.29 is 4.92 Å². The van der Waals surface area contributed by atoms with Crippen LogP contribution in [0.2, 0.25) is 0 Å². The van der Waals surface area contributed by atoms with Crippen LogP contribution in [0.1, 0.15) is 31.9 Å². The summed E-state index contributed by atoms with van der Waals surface area (Å²) in [5.74, 6) is 0.912. The molecule has 106 valence electrons. The summed E-state index contributed by atoms with van der Waals surface area (Å²) in [4.78, 5) is 10.8. The van der Waals surface area contributed by atoms with Gasteiger partial charge in [0.2, 0.25) is 5.82 Å². The van der Waals surface area contributed by atoms with E-state index in [1.165, 1.54) is 0 Å². The molecule has 0 radical (unpaired) electrons. The lowest BCUT2D eigenvalue weighted by molar-refractivity contribution is -0.384. The Kier molecular flexibility index (Phi) is 4.04. The second kappa shape index (κ2) is 5.56. The summed E-state index contributed by atoms with van der Waals surface area (Å²) in [6.45, 7) is 4.82. The van der Waals surface area contributed by atoms with Gasteiger partial charge in [0.05, 0.1) is 4.92 Å². The zero-order valence-corrected chi connectivity index (χ0v) is 11.4. The first-order valence-corrected chi connectivity index (χ1v) is 6.76. The van der Waals surface area contributed by atoms with Gasteiger partial charge in [-0.15, -0.1) is 0 Å². The SMILES string of the molecule is CCn1nc(C)c([N+](=O)[O-])c1NC1CCCC1CN. The van der Waals surface area contributed by atoms with Gasteiger partial charge in [-0.25, -0.2) is 4.68 Å². The number of aromatic nitrogens is 2. The van der Waals surface area contributed by atoms with Crippen LogP contribution in [-0.4, -0.2) is 27.3 Å². The van der Waals surface area contributed by atoms with Crippen LogP contribution in [0.4, 0.5) is 11.5 Å². The summed E-state index contributed by atoms with van der Waals surface area (Å²) in [6.07, 6.45) is 3.21. The lowest BCUT2D eigenvalue weighted by Gasteiger charge is -2.20. The van der Waals surface area contributed by atoms with Gasteiger partial charge in [0, 0.05) is 12.6 Å². The van der Waals surface area contributed by atoms with E-state index in [9.17, 15) is 10.1 Å². The van der Waals surface area contributed by atoms with Crippen LogP contribution in [-0.2, 0) is 6.54 Å². The molecule has 2 atom stereocenters. The summed E-state index contributed by atoms with van der Waals surface area (Å²) in [5.41, 5.74) is 6.30. The zero-order chi connectivity index (χ0) is 14.0. The largest absolute Gasteiger partial charge is 0.361 e. The fourth-order valence-electron chi connectivity index (χ4n) is 2.85. The minimum absolute atomic E-state index is 0.0875. The highest BCUT2D eigenvalue weighted by molar-refractivity contribution is 5.60. The topological polar surface area (TPSA) is 99.0 Å². The maximum atomic E-state index is 11.2. The molecule has 0 saturated heterocycles. The fraction of sp³-hybridized carbons (Fsp3) is 0.750. The number of nitrogens with zero attached hydrogens (tertiary/aromatic N) is 3. The number of rotatable bonds is 5. The van der Waals surface area contributed by atoms with Gasteiger partial charge >= 0.3 is 5.69 Å². The van der Waals surface area contributed by atoms with Crippen molar-refractivity contribution in [1.29, 1.82) is 0 Å². The highest BCUT2D eigenvalue weighted by Crippen LogP contribution is 2.33. The molecule has 1 aliphatic rings. The number of hydrogen-bond donors (Lipinski definition) is 2. The van der Waals surface area contributed by atoms with Gasteiger partial charge in [-0.3, -0.25) is 10.1 Å². The monoisotopic (exact) mass is 267 g/mol. The molecule has 7 nitrogen and oxygen atoms in total. The van der Waals surface area contributed by atoms with Crippen LogP contribution in [0.3, 0.4) is 0 Å². The molecule has 19 heavy (non-hydrogen) atoms. The minimum atomic E-state index is -0.358. The molecule has 2 unspecified atom stereocenters. The molecule has 0 aromatic carbocycles. The normalized spacial score (nSPS) is 22.7. The highest BCUT2D eigenvalue weighted by Gasteiger charge is 2.31. The van der Waals surface area contributed by atoms with E-state index < -0.39 is 0 Å². The van der Waals surface area contributed by atoms with Gasteiger partial charge in [-0.05, 0) is 39.2 Å². The molecule has 1 aromatic rings. The van der Waals surface area contributed by atoms with Gasteiger partial charge in [0.25, 0.3) is 0 Å². The second-order valence-electron chi connectivity index (χ2n) is 5.03. The number of aryl methyl sites for hydroxylation is 2. The Morgan fingerprint density at radius 1 is 1.58 bits per heavy atom. The minimum Gasteiger partial charge on any atom is -0.361 e. The maximum Gasteiger partial charge on any atom is 0.333 e. The third-order valence-electron chi connectivity index (χ3n) is 3.86. The first-order chi connectivity index (χ1) is 9.08. The number of hydrogen-bond acceptors (Lipinski definition) is 5. The Labute approximate surface area is 112 Å². The molecule has 0 spiro atoms. The van der Waals surface area contributed by atoms with E-state index >= 15 is 0 Å². The lowest BCUT2D eigenvalue weighted by atomic mass is 10.0. The smallest absolute Gasteiger partial charge is 0.333 e. The molecular weight excluding hydrogens is 246 g/mol. The van der Waals surface area contributed by atoms with Gasteiger partial charge in [-0.1, -0.05) is 6.42 Å². The predicted octanol–water partition coefficient (Wildman–Crippen LogP) is 1.66. The van der Waals surface area contributed by atoms with Crippen molar-refractivity contribution in [3.8, 4) is 0 Å². The summed E-state index contributed by atoms with van der Waals surface area (Å²) in [6, 6.07) is 0.213. The number of nitro groups is 1. The zero-order valence-electron chi connectivity index (χ0n) is 11.4. The third-order valence-corrected chi connectivity index (χ3v) is 3.86. The van der Waals surface area contributed by atoms with Crippen LogP contribution < -0.4 is 11.1 Å². The molecule has 1 heterocycles. The molecule has 0 aliphatic heterocycles. The third kappa shape index (κ3) is 2.56. The molecular formula is C12H21N5O2. The predicted molar refractivity (Wildman–Crippen MR) is 73.1 cm³/mol. The Hall–Kier alpha value is -1.63. The van der Waals surface area contributed by atoms with Crippen molar-refractivity contribution in [1.82, 2.24) is 9.78 Å². The van der Waals surface area contributed by atoms with E-state index in [1.54, 1.807) is 11.6 Å². The Morgan fingerprint density at radius 3 is 2.89 bits per heavy atom. The maximum absolute atomic E-state index is 11.2. The van der Waals surface area contributed by atoms with E-state index in [4.69, 9.17) is 5.73 Å². The van der Waals surface area contributed by atoms with Crippen molar-refractivity contribution in [2.75, 3.05) is 11.9 Å². The van der Waals surface area contributed by atoms with Crippen molar-refractivity contribution in [2.24, 2.45) is 11.7 Å². The van der Waals surface area contributed by atoms with Crippen LogP contribution >= 0.6 is 0 Å². The van der Waals surface area contributed by atoms with E-state index in [1.807, 2.05) is 6.92 Å². The Balaban J connectivity index is 2.30.